The number of nitrogen functional groups attached to an aromatic ring is 1. The Balaban J connectivity index is 2.41. The Morgan fingerprint density at radius 3 is 2.41 bits per heavy atom. The predicted octanol–water partition coefficient (Wildman–Crippen LogP) is 2.74. The number of benzene rings is 1. The van der Waals surface area contributed by atoms with Crippen molar-refractivity contribution in [2.24, 2.45) is 5.73 Å². The van der Waals surface area contributed by atoms with Gasteiger partial charge in [-0.2, -0.15) is 0 Å². The van der Waals surface area contributed by atoms with E-state index >= 15 is 0 Å². The van der Waals surface area contributed by atoms with E-state index in [9.17, 15) is 0 Å². The van der Waals surface area contributed by atoms with Gasteiger partial charge in [0.15, 0.2) is 0 Å². The average Bonchev–Trinajstić information content (AvgIpc) is 2.29. The van der Waals surface area contributed by atoms with Gasteiger partial charge in [-0.15, -0.1) is 0 Å². The Hall–Kier alpha value is -1.51. The number of rotatable bonds is 2. The first-order valence-corrected chi connectivity index (χ1v) is 6.33. The van der Waals surface area contributed by atoms with Crippen molar-refractivity contribution in [2.75, 3.05) is 4.90 Å². The first kappa shape index (κ1) is 12.0. The molecule has 92 valence electrons. The van der Waals surface area contributed by atoms with E-state index in [1.807, 2.05) is 18.2 Å². The highest BCUT2D eigenvalue weighted by Crippen LogP contribution is 2.31. The van der Waals surface area contributed by atoms with Crippen molar-refractivity contribution in [1.82, 2.24) is 0 Å². The molecule has 1 heterocycles. The molecule has 0 radical (unpaired) electrons. The smallest absolute Gasteiger partial charge is 0.124 e. The molecule has 1 aliphatic heterocycles. The summed E-state index contributed by atoms with van der Waals surface area (Å²) in [6.07, 6.45) is 3.73. The monoisotopic (exact) mass is 231 g/mol. The zero-order valence-corrected chi connectivity index (χ0v) is 10.6. The normalized spacial score (nSPS) is 24.7. The number of nitrogens with two attached hydrogens (primary N) is 1. The van der Waals surface area contributed by atoms with Crippen LogP contribution in [-0.4, -0.2) is 17.9 Å². The van der Waals surface area contributed by atoms with E-state index in [1.54, 1.807) is 0 Å². The van der Waals surface area contributed by atoms with Gasteiger partial charge < -0.3 is 10.6 Å². The van der Waals surface area contributed by atoms with Crippen LogP contribution in [0.3, 0.4) is 0 Å². The van der Waals surface area contributed by atoms with Crippen LogP contribution in [0.4, 0.5) is 5.69 Å². The number of para-hydroxylation sites is 1. The van der Waals surface area contributed by atoms with Crippen molar-refractivity contribution < 1.29 is 0 Å². The standard InChI is InChI=1S/C14H21N3/c1-10-6-5-7-11(2)17(10)13-9-4-3-8-12(13)14(15)16/h3-4,8-11H,5-7H2,1-2H3,(H3,15,16). The van der Waals surface area contributed by atoms with Gasteiger partial charge in [-0.1, -0.05) is 12.1 Å². The minimum absolute atomic E-state index is 0.158. The highest BCUT2D eigenvalue weighted by Gasteiger charge is 2.26. The van der Waals surface area contributed by atoms with Crippen LogP contribution in [0.15, 0.2) is 24.3 Å². The molecule has 2 rings (SSSR count). The summed E-state index contributed by atoms with van der Waals surface area (Å²) in [5, 5.41) is 7.68. The van der Waals surface area contributed by atoms with Crippen LogP contribution in [0.2, 0.25) is 0 Å². The molecule has 2 atom stereocenters. The number of piperidine rings is 1. The lowest BCUT2D eigenvalue weighted by molar-refractivity contribution is 0.414. The van der Waals surface area contributed by atoms with Gasteiger partial charge in [0.05, 0.1) is 0 Å². The topological polar surface area (TPSA) is 53.1 Å². The van der Waals surface area contributed by atoms with Crippen LogP contribution in [0, 0.1) is 5.41 Å². The van der Waals surface area contributed by atoms with Gasteiger partial charge in [-0.3, -0.25) is 5.41 Å². The third-order valence-corrected chi connectivity index (χ3v) is 3.67. The maximum absolute atomic E-state index is 7.68. The molecule has 1 aromatic rings. The van der Waals surface area contributed by atoms with E-state index in [4.69, 9.17) is 11.1 Å². The van der Waals surface area contributed by atoms with E-state index in [2.05, 4.69) is 24.8 Å². The van der Waals surface area contributed by atoms with Crippen LogP contribution in [0.1, 0.15) is 38.7 Å². The molecule has 1 fully saturated rings. The largest absolute Gasteiger partial charge is 0.384 e. The molecule has 1 aromatic carbocycles. The molecular formula is C14H21N3. The highest BCUT2D eigenvalue weighted by molar-refractivity contribution is 6.00. The Morgan fingerprint density at radius 2 is 1.82 bits per heavy atom. The molecular weight excluding hydrogens is 210 g/mol. The van der Waals surface area contributed by atoms with Gasteiger partial charge in [-0.05, 0) is 45.2 Å². The van der Waals surface area contributed by atoms with Crippen molar-refractivity contribution in [1.29, 1.82) is 5.41 Å². The lowest BCUT2D eigenvalue weighted by Gasteiger charge is -2.41. The number of amidine groups is 1. The zero-order valence-electron chi connectivity index (χ0n) is 10.6. The van der Waals surface area contributed by atoms with Crippen molar-refractivity contribution in [3.05, 3.63) is 29.8 Å². The molecule has 1 saturated heterocycles. The minimum Gasteiger partial charge on any atom is -0.384 e. The van der Waals surface area contributed by atoms with E-state index in [-0.39, 0.29) is 5.84 Å². The lowest BCUT2D eigenvalue weighted by atomic mass is 9.95. The van der Waals surface area contributed by atoms with Gasteiger partial charge in [0.2, 0.25) is 0 Å². The summed E-state index contributed by atoms with van der Waals surface area (Å²) in [7, 11) is 0. The number of nitrogens with zero attached hydrogens (tertiary/aromatic N) is 1. The van der Waals surface area contributed by atoms with E-state index in [1.165, 1.54) is 19.3 Å². The second-order valence-electron chi connectivity index (χ2n) is 4.97. The third kappa shape index (κ3) is 2.28. The highest BCUT2D eigenvalue weighted by atomic mass is 15.2. The average molecular weight is 231 g/mol. The molecule has 0 aliphatic carbocycles. The van der Waals surface area contributed by atoms with Crippen LogP contribution in [-0.2, 0) is 0 Å². The molecule has 0 saturated carbocycles. The number of hydrogen-bond acceptors (Lipinski definition) is 2. The van der Waals surface area contributed by atoms with E-state index < -0.39 is 0 Å². The molecule has 1 aliphatic rings. The summed E-state index contributed by atoms with van der Waals surface area (Å²) < 4.78 is 0. The maximum atomic E-state index is 7.68. The summed E-state index contributed by atoms with van der Waals surface area (Å²) in [5.41, 5.74) is 7.63. The second-order valence-corrected chi connectivity index (χ2v) is 4.97. The van der Waals surface area contributed by atoms with Gasteiger partial charge in [0, 0.05) is 23.3 Å². The SMILES string of the molecule is CC1CCCC(C)N1c1ccccc1C(=N)N. The van der Waals surface area contributed by atoms with E-state index in [0.29, 0.717) is 12.1 Å². The van der Waals surface area contributed by atoms with Gasteiger partial charge in [-0.25, -0.2) is 0 Å². The Labute approximate surface area is 103 Å². The second kappa shape index (κ2) is 4.78. The lowest BCUT2D eigenvalue weighted by Crippen LogP contribution is -2.44. The van der Waals surface area contributed by atoms with Crippen molar-refractivity contribution in [2.45, 2.75) is 45.2 Å². The Kier molecular flexibility index (Phi) is 3.36. The molecule has 0 aromatic heterocycles. The molecule has 0 amide bonds. The van der Waals surface area contributed by atoms with Crippen LogP contribution < -0.4 is 10.6 Å². The predicted molar refractivity (Wildman–Crippen MR) is 72.7 cm³/mol. The fourth-order valence-electron chi connectivity index (χ4n) is 2.82. The fraction of sp³-hybridized carbons (Fsp3) is 0.500. The number of hydrogen-bond donors (Lipinski definition) is 2. The molecule has 3 N–H and O–H groups in total. The molecule has 3 heteroatoms. The van der Waals surface area contributed by atoms with Crippen LogP contribution in [0.5, 0.6) is 0 Å². The first-order chi connectivity index (χ1) is 8.11. The third-order valence-electron chi connectivity index (χ3n) is 3.67. The molecule has 0 bridgehead atoms. The van der Waals surface area contributed by atoms with Crippen LogP contribution >= 0.6 is 0 Å². The summed E-state index contributed by atoms with van der Waals surface area (Å²) in [5.74, 6) is 0.158. The Morgan fingerprint density at radius 1 is 1.24 bits per heavy atom. The summed E-state index contributed by atoms with van der Waals surface area (Å²) in [6.45, 7) is 4.51. The van der Waals surface area contributed by atoms with Gasteiger partial charge in [0.25, 0.3) is 0 Å². The fourth-order valence-corrected chi connectivity index (χ4v) is 2.82. The molecule has 17 heavy (non-hydrogen) atoms. The molecule has 2 unspecified atom stereocenters. The van der Waals surface area contributed by atoms with Crippen molar-refractivity contribution >= 4 is 11.5 Å². The minimum atomic E-state index is 0.158. The quantitative estimate of drug-likeness (QED) is 0.607. The first-order valence-electron chi connectivity index (χ1n) is 6.33. The number of anilines is 1. The van der Waals surface area contributed by atoms with E-state index in [0.717, 1.165) is 11.3 Å². The van der Waals surface area contributed by atoms with Gasteiger partial charge >= 0.3 is 0 Å². The van der Waals surface area contributed by atoms with Crippen molar-refractivity contribution in [3.63, 3.8) is 0 Å². The summed E-state index contributed by atoms with van der Waals surface area (Å²) >= 11 is 0. The maximum Gasteiger partial charge on any atom is 0.124 e. The summed E-state index contributed by atoms with van der Waals surface area (Å²) in [4.78, 5) is 2.42. The number of nitrogens with one attached hydrogen (secondary N) is 1. The van der Waals surface area contributed by atoms with Crippen LogP contribution in [0.25, 0.3) is 0 Å². The van der Waals surface area contributed by atoms with Crippen molar-refractivity contribution in [3.8, 4) is 0 Å². The molecule has 0 spiro atoms. The van der Waals surface area contributed by atoms with Gasteiger partial charge in [0.1, 0.15) is 5.84 Å². The summed E-state index contributed by atoms with van der Waals surface area (Å²) in [6, 6.07) is 9.04. The Bertz CT molecular complexity index is 404. The molecule has 3 nitrogen and oxygen atoms in total. The zero-order chi connectivity index (χ0) is 12.4.